The highest BCUT2D eigenvalue weighted by Crippen LogP contribution is 2.27. The van der Waals surface area contributed by atoms with E-state index in [1.807, 2.05) is 36.7 Å². The summed E-state index contributed by atoms with van der Waals surface area (Å²) in [7, 11) is 0. The molecule has 0 saturated carbocycles. The minimum absolute atomic E-state index is 0.201. The smallest absolute Gasteiger partial charge is 0.123 e. The molecule has 0 fully saturated rings. The molecule has 4 heteroatoms. The number of hydrogen-bond donors (Lipinski definition) is 0. The van der Waals surface area contributed by atoms with Crippen molar-refractivity contribution in [2.45, 2.75) is 11.4 Å². The second-order valence-electron chi connectivity index (χ2n) is 6.32. The lowest BCUT2D eigenvalue weighted by Crippen LogP contribution is -1.98. The Morgan fingerprint density at radius 2 is 1.89 bits per heavy atom. The van der Waals surface area contributed by atoms with Gasteiger partial charge in [0.15, 0.2) is 0 Å². The molecule has 2 nitrogen and oxygen atoms in total. The molecule has 0 bridgehead atoms. The van der Waals surface area contributed by atoms with Crippen molar-refractivity contribution in [3.8, 4) is 0 Å². The van der Waals surface area contributed by atoms with Crippen molar-refractivity contribution in [3.63, 3.8) is 0 Å². The molecule has 0 N–H and O–H groups in total. The van der Waals surface area contributed by atoms with Crippen molar-refractivity contribution < 1.29 is 4.39 Å². The first-order chi connectivity index (χ1) is 13.2. The maximum atomic E-state index is 13.4. The Morgan fingerprint density at radius 3 is 2.74 bits per heavy atom. The molecule has 0 unspecified atom stereocenters. The van der Waals surface area contributed by atoms with Crippen LogP contribution in [0.5, 0.6) is 0 Å². The highest BCUT2D eigenvalue weighted by atomic mass is 32.2. The highest BCUT2D eigenvalue weighted by Gasteiger charge is 2.04. The Kier molecular flexibility index (Phi) is 5.07. The quantitative estimate of drug-likeness (QED) is 0.296. The minimum Gasteiger partial charge on any atom is -0.343 e. The number of thioether (sulfide) groups is 1. The summed E-state index contributed by atoms with van der Waals surface area (Å²) in [5.41, 5.74) is 4.11. The lowest BCUT2D eigenvalue weighted by Gasteiger charge is -2.06. The van der Waals surface area contributed by atoms with Crippen LogP contribution in [0.1, 0.15) is 11.1 Å². The van der Waals surface area contributed by atoms with E-state index in [0.29, 0.717) is 6.54 Å². The molecule has 27 heavy (non-hydrogen) atoms. The fourth-order valence-corrected chi connectivity index (χ4v) is 3.69. The minimum atomic E-state index is -0.201. The zero-order valence-electron chi connectivity index (χ0n) is 15.0. The fraction of sp³-hybridized carbons (Fsp3) is 0.0870. The summed E-state index contributed by atoms with van der Waals surface area (Å²) in [6, 6.07) is 23.2. The van der Waals surface area contributed by atoms with Crippen LogP contribution in [-0.2, 0) is 6.54 Å². The van der Waals surface area contributed by atoms with Gasteiger partial charge in [0, 0.05) is 34.8 Å². The monoisotopic (exact) mass is 374 g/mol. The van der Waals surface area contributed by atoms with E-state index in [4.69, 9.17) is 0 Å². The summed E-state index contributed by atoms with van der Waals surface area (Å²) in [6.45, 7) is 0.649. The lowest BCUT2D eigenvalue weighted by molar-refractivity contribution is 0.624. The van der Waals surface area contributed by atoms with E-state index < -0.39 is 0 Å². The Bertz CT molecular complexity index is 1110. The van der Waals surface area contributed by atoms with Crippen molar-refractivity contribution in [2.24, 2.45) is 4.99 Å². The number of rotatable bonds is 5. The summed E-state index contributed by atoms with van der Waals surface area (Å²) in [5, 5.41) is 1.15. The highest BCUT2D eigenvalue weighted by molar-refractivity contribution is 7.98. The molecule has 1 aromatic heterocycles. The number of para-hydroxylation sites is 1. The zero-order chi connectivity index (χ0) is 18.6. The van der Waals surface area contributed by atoms with E-state index in [9.17, 15) is 4.39 Å². The van der Waals surface area contributed by atoms with Crippen LogP contribution >= 0.6 is 11.8 Å². The van der Waals surface area contributed by atoms with Gasteiger partial charge in [-0.25, -0.2) is 4.39 Å². The summed E-state index contributed by atoms with van der Waals surface area (Å²) in [4.78, 5) is 5.81. The van der Waals surface area contributed by atoms with Gasteiger partial charge in [-0.1, -0.05) is 30.3 Å². The maximum Gasteiger partial charge on any atom is 0.123 e. The topological polar surface area (TPSA) is 17.3 Å². The fourth-order valence-electron chi connectivity index (χ4n) is 3.15. The molecule has 4 aromatic rings. The van der Waals surface area contributed by atoms with Gasteiger partial charge in [-0.3, -0.25) is 4.99 Å². The third kappa shape index (κ3) is 3.96. The second kappa shape index (κ2) is 7.80. The van der Waals surface area contributed by atoms with Crippen molar-refractivity contribution in [2.75, 3.05) is 6.26 Å². The third-order valence-corrected chi connectivity index (χ3v) is 5.26. The van der Waals surface area contributed by atoms with Crippen LogP contribution in [-0.4, -0.2) is 17.0 Å². The van der Waals surface area contributed by atoms with E-state index in [-0.39, 0.29) is 5.82 Å². The first-order valence-corrected chi connectivity index (χ1v) is 9.96. The number of aliphatic imine (C=N–C) groups is 1. The number of nitrogens with zero attached hydrogens (tertiary/aromatic N) is 2. The van der Waals surface area contributed by atoms with Gasteiger partial charge >= 0.3 is 0 Å². The second-order valence-corrected chi connectivity index (χ2v) is 7.17. The van der Waals surface area contributed by atoms with E-state index in [1.165, 1.54) is 6.07 Å². The molecule has 0 aliphatic carbocycles. The predicted octanol–water partition coefficient (Wildman–Crippen LogP) is 6.30. The lowest BCUT2D eigenvalue weighted by atomic mass is 10.1. The SMILES string of the molecule is CSc1ccccc1N=Cc1ccc2c(ccn2Cc2cccc(F)c2)c1. The van der Waals surface area contributed by atoms with Gasteiger partial charge in [-0.05, 0) is 59.8 Å². The van der Waals surface area contributed by atoms with Crippen LogP contribution in [0, 0.1) is 5.82 Å². The van der Waals surface area contributed by atoms with Crippen LogP contribution in [0.3, 0.4) is 0 Å². The third-order valence-electron chi connectivity index (χ3n) is 4.47. The molecule has 0 spiro atoms. The first kappa shape index (κ1) is 17.6. The molecule has 1 heterocycles. The van der Waals surface area contributed by atoms with Gasteiger partial charge < -0.3 is 4.57 Å². The van der Waals surface area contributed by atoms with Crippen LogP contribution in [0.25, 0.3) is 10.9 Å². The molecule has 0 atom stereocenters. The predicted molar refractivity (Wildman–Crippen MR) is 113 cm³/mol. The van der Waals surface area contributed by atoms with E-state index in [1.54, 1.807) is 23.9 Å². The molecule has 3 aromatic carbocycles. The Morgan fingerprint density at radius 1 is 1.00 bits per heavy atom. The first-order valence-electron chi connectivity index (χ1n) is 8.73. The summed E-state index contributed by atoms with van der Waals surface area (Å²) >= 11 is 1.69. The molecule has 0 radical (unpaired) electrons. The summed E-state index contributed by atoms with van der Waals surface area (Å²) in [5.74, 6) is -0.201. The van der Waals surface area contributed by atoms with Crippen molar-refractivity contribution >= 4 is 34.6 Å². The normalized spacial score (nSPS) is 11.5. The van der Waals surface area contributed by atoms with Crippen molar-refractivity contribution in [1.82, 2.24) is 4.57 Å². The van der Waals surface area contributed by atoms with Gasteiger partial charge in [0.05, 0.1) is 5.69 Å². The molecule has 0 aliphatic heterocycles. The maximum absolute atomic E-state index is 13.4. The van der Waals surface area contributed by atoms with Gasteiger partial charge in [0.25, 0.3) is 0 Å². The van der Waals surface area contributed by atoms with E-state index in [2.05, 4.69) is 46.1 Å². The van der Waals surface area contributed by atoms with Gasteiger partial charge in [-0.2, -0.15) is 0 Å². The molecule has 0 saturated heterocycles. The number of aromatic nitrogens is 1. The van der Waals surface area contributed by atoms with Crippen LogP contribution in [0.4, 0.5) is 10.1 Å². The molecule has 0 amide bonds. The van der Waals surface area contributed by atoms with Crippen LogP contribution < -0.4 is 0 Å². The van der Waals surface area contributed by atoms with Crippen molar-refractivity contribution in [1.29, 1.82) is 0 Å². The summed E-state index contributed by atoms with van der Waals surface area (Å²) < 4.78 is 15.5. The number of halogens is 1. The number of hydrogen-bond acceptors (Lipinski definition) is 2. The van der Waals surface area contributed by atoms with Crippen LogP contribution in [0.2, 0.25) is 0 Å². The number of benzene rings is 3. The average Bonchev–Trinajstić information content (AvgIpc) is 3.08. The Balaban J connectivity index is 1.59. The summed E-state index contributed by atoms with van der Waals surface area (Å²) in [6.07, 6.45) is 6.00. The largest absolute Gasteiger partial charge is 0.343 e. The molecular weight excluding hydrogens is 355 g/mol. The van der Waals surface area contributed by atoms with Gasteiger partial charge in [0.2, 0.25) is 0 Å². The molecule has 134 valence electrons. The Labute approximate surface area is 162 Å². The van der Waals surface area contributed by atoms with Gasteiger partial charge in [-0.15, -0.1) is 11.8 Å². The van der Waals surface area contributed by atoms with E-state index >= 15 is 0 Å². The molecule has 4 rings (SSSR count). The molecular formula is C23H19FN2S. The van der Waals surface area contributed by atoms with E-state index in [0.717, 1.165) is 32.6 Å². The van der Waals surface area contributed by atoms with Crippen molar-refractivity contribution in [3.05, 3.63) is 95.9 Å². The standard InChI is InChI=1S/C23H19FN2S/c1-27-23-8-3-2-7-21(23)25-15-17-9-10-22-19(13-17)11-12-26(22)16-18-5-4-6-20(24)14-18/h2-15H,16H2,1H3. The van der Waals surface area contributed by atoms with Crippen LogP contribution in [0.15, 0.2) is 88.9 Å². The zero-order valence-corrected chi connectivity index (χ0v) is 15.8. The Hall–Kier alpha value is -2.85. The van der Waals surface area contributed by atoms with Gasteiger partial charge in [0.1, 0.15) is 5.82 Å². The number of fused-ring (bicyclic) bond motifs is 1. The average molecular weight is 374 g/mol. The molecule has 0 aliphatic rings.